The average Bonchev–Trinajstić information content (AvgIpc) is 3.91. The zero-order valence-electron chi connectivity index (χ0n) is 27.8. The Labute approximate surface area is 272 Å². The van der Waals surface area contributed by atoms with Gasteiger partial charge in [0.05, 0.1) is 28.1 Å². The number of anilines is 2. The van der Waals surface area contributed by atoms with Gasteiger partial charge in [0, 0.05) is 43.3 Å². The third-order valence-corrected chi connectivity index (χ3v) is 8.86. The van der Waals surface area contributed by atoms with Crippen molar-refractivity contribution in [2.24, 2.45) is 11.8 Å². The van der Waals surface area contributed by atoms with Crippen LogP contribution in [0.5, 0.6) is 0 Å². The van der Waals surface area contributed by atoms with Crippen LogP contribution in [0.4, 0.5) is 24.9 Å². The SMILES string of the molecule is Cc1cc(CN(Cc2cc3c(C)nn(C(C)(C)C)c3nc2N(CC2CC2)CC2CC2)c2ncc(C(=O)O)c(C)n2)cc(C(F)(F)F)c1. The summed E-state index contributed by atoms with van der Waals surface area (Å²) >= 11 is 0. The van der Waals surface area contributed by atoms with E-state index in [1.807, 2.05) is 16.5 Å². The summed E-state index contributed by atoms with van der Waals surface area (Å²) in [4.78, 5) is 30.3. The second kappa shape index (κ2) is 12.1. The van der Waals surface area contributed by atoms with Gasteiger partial charge < -0.3 is 14.9 Å². The number of benzene rings is 1. The molecule has 0 aliphatic heterocycles. The number of aryl methyl sites for hydroxylation is 3. The van der Waals surface area contributed by atoms with E-state index in [1.54, 1.807) is 19.9 Å². The van der Waals surface area contributed by atoms with Gasteiger partial charge in [0.2, 0.25) is 5.95 Å². The van der Waals surface area contributed by atoms with Crippen LogP contribution in [-0.4, -0.2) is 48.9 Å². The fourth-order valence-electron chi connectivity index (χ4n) is 6.10. The molecule has 2 aliphatic carbocycles. The maximum atomic E-state index is 13.8. The van der Waals surface area contributed by atoms with Gasteiger partial charge in [0.1, 0.15) is 5.82 Å². The van der Waals surface area contributed by atoms with E-state index in [0.29, 0.717) is 23.0 Å². The number of halogens is 3. The third kappa shape index (κ3) is 7.36. The van der Waals surface area contributed by atoms with Crippen molar-refractivity contribution in [3.05, 3.63) is 69.7 Å². The first-order valence-corrected chi connectivity index (χ1v) is 16.2. The van der Waals surface area contributed by atoms with E-state index in [1.165, 1.54) is 31.9 Å². The predicted molar refractivity (Wildman–Crippen MR) is 175 cm³/mol. The number of carboxylic acid groups (broad SMARTS) is 1. The van der Waals surface area contributed by atoms with Crippen molar-refractivity contribution in [2.45, 2.75) is 92.0 Å². The van der Waals surface area contributed by atoms with Crippen molar-refractivity contribution in [1.29, 1.82) is 0 Å². The number of carbonyl (C=O) groups is 1. The second-order valence-electron chi connectivity index (χ2n) is 14.3. The molecule has 0 spiro atoms. The monoisotopic (exact) mass is 649 g/mol. The quantitative estimate of drug-likeness (QED) is 0.179. The Morgan fingerprint density at radius 3 is 2.13 bits per heavy atom. The van der Waals surface area contributed by atoms with Crippen LogP contribution >= 0.6 is 0 Å². The number of rotatable bonds is 11. The van der Waals surface area contributed by atoms with Crippen LogP contribution < -0.4 is 9.80 Å². The lowest BCUT2D eigenvalue weighted by molar-refractivity contribution is -0.137. The standard InChI is InChI=1S/C35H42F3N7O2/c1-20-11-25(13-27(12-20)35(36,37)38)18-44(33-39-15-29(32(46)47)21(2)40-33)19-26-14-28-22(3)42-45(34(4,5)6)31(28)41-30(26)43(16-23-7-8-23)17-24-9-10-24/h11-15,23-24H,7-10,16-19H2,1-6H3,(H,46,47). The molecule has 47 heavy (non-hydrogen) atoms. The van der Waals surface area contributed by atoms with E-state index in [0.717, 1.165) is 53.3 Å². The molecular formula is C35H42F3N7O2. The molecule has 9 nitrogen and oxygen atoms in total. The van der Waals surface area contributed by atoms with Crippen LogP contribution in [0.2, 0.25) is 0 Å². The molecule has 3 heterocycles. The van der Waals surface area contributed by atoms with Crippen LogP contribution in [0.15, 0.2) is 30.5 Å². The molecule has 0 atom stereocenters. The number of nitrogens with zero attached hydrogens (tertiary/aromatic N) is 7. The molecule has 2 saturated carbocycles. The van der Waals surface area contributed by atoms with Crippen molar-refractivity contribution < 1.29 is 23.1 Å². The van der Waals surface area contributed by atoms with Gasteiger partial charge in [0.25, 0.3) is 0 Å². The number of aromatic nitrogens is 5. The van der Waals surface area contributed by atoms with Gasteiger partial charge >= 0.3 is 12.1 Å². The van der Waals surface area contributed by atoms with Gasteiger partial charge in [-0.2, -0.15) is 18.3 Å². The van der Waals surface area contributed by atoms with Crippen molar-refractivity contribution in [1.82, 2.24) is 24.7 Å². The summed E-state index contributed by atoms with van der Waals surface area (Å²) in [5.74, 6) is 1.13. The summed E-state index contributed by atoms with van der Waals surface area (Å²) in [6.45, 7) is 13.6. The molecule has 12 heteroatoms. The molecule has 0 bridgehead atoms. The lowest BCUT2D eigenvalue weighted by Gasteiger charge is -2.30. The van der Waals surface area contributed by atoms with Crippen LogP contribution in [-0.2, 0) is 24.8 Å². The zero-order valence-corrected chi connectivity index (χ0v) is 27.8. The first kappa shape index (κ1) is 32.7. The Kier molecular flexibility index (Phi) is 8.42. The lowest BCUT2D eigenvalue weighted by Crippen LogP contribution is -2.32. The number of fused-ring (bicyclic) bond motifs is 1. The fourth-order valence-corrected chi connectivity index (χ4v) is 6.10. The molecule has 2 aliphatic rings. The molecule has 0 radical (unpaired) electrons. The number of pyridine rings is 1. The Morgan fingerprint density at radius 2 is 1.57 bits per heavy atom. The van der Waals surface area contributed by atoms with E-state index < -0.39 is 17.7 Å². The minimum absolute atomic E-state index is 0.0300. The summed E-state index contributed by atoms with van der Waals surface area (Å²) in [5, 5.41) is 15.4. The van der Waals surface area contributed by atoms with Crippen LogP contribution in [0.1, 0.15) is 90.5 Å². The number of hydrogen-bond acceptors (Lipinski definition) is 7. The molecule has 1 N–H and O–H groups in total. The van der Waals surface area contributed by atoms with Gasteiger partial charge in [-0.15, -0.1) is 0 Å². The summed E-state index contributed by atoms with van der Waals surface area (Å²) in [6.07, 6.45) is 1.49. The molecule has 0 saturated heterocycles. The van der Waals surface area contributed by atoms with Crippen molar-refractivity contribution in [2.75, 3.05) is 22.9 Å². The van der Waals surface area contributed by atoms with Crippen molar-refractivity contribution in [3.63, 3.8) is 0 Å². The normalized spacial score (nSPS) is 15.3. The highest BCUT2D eigenvalue weighted by atomic mass is 19.4. The van der Waals surface area contributed by atoms with Gasteiger partial charge in [-0.1, -0.05) is 11.6 Å². The first-order valence-electron chi connectivity index (χ1n) is 16.2. The van der Waals surface area contributed by atoms with E-state index in [-0.39, 0.29) is 35.8 Å². The Morgan fingerprint density at radius 1 is 0.915 bits per heavy atom. The van der Waals surface area contributed by atoms with E-state index in [4.69, 9.17) is 10.1 Å². The molecule has 2 fully saturated rings. The van der Waals surface area contributed by atoms with Crippen LogP contribution in [0, 0.1) is 32.6 Å². The highest BCUT2D eigenvalue weighted by molar-refractivity contribution is 5.88. The third-order valence-electron chi connectivity index (χ3n) is 8.86. The number of aromatic carboxylic acids is 1. The molecule has 3 aromatic heterocycles. The Bertz CT molecular complexity index is 1810. The highest BCUT2D eigenvalue weighted by Crippen LogP contribution is 2.38. The first-order chi connectivity index (χ1) is 22.1. The average molecular weight is 650 g/mol. The highest BCUT2D eigenvalue weighted by Gasteiger charge is 2.34. The Hall–Kier alpha value is -4.22. The second-order valence-corrected chi connectivity index (χ2v) is 14.3. The molecular weight excluding hydrogens is 607 g/mol. The summed E-state index contributed by atoms with van der Waals surface area (Å²) in [6, 6.07) is 6.13. The van der Waals surface area contributed by atoms with E-state index in [2.05, 4.69) is 41.7 Å². The summed E-state index contributed by atoms with van der Waals surface area (Å²) < 4.78 is 43.5. The minimum Gasteiger partial charge on any atom is -0.478 e. The van der Waals surface area contributed by atoms with Gasteiger partial charge in [-0.3, -0.25) is 0 Å². The predicted octanol–water partition coefficient (Wildman–Crippen LogP) is 7.45. The maximum Gasteiger partial charge on any atom is 0.416 e. The summed E-state index contributed by atoms with van der Waals surface area (Å²) in [7, 11) is 0. The largest absolute Gasteiger partial charge is 0.478 e. The molecule has 0 amide bonds. The maximum absolute atomic E-state index is 13.8. The van der Waals surface area contributed by atoms with Crippen LogP contribution in [0.25, 0.3) is 11.0 Å². The molecule has 250 valence electrons. The number of carboxylic acids is 1. The number of hydrogen-bond donors (Lipinski definition) is 1. The molecule has 4 aromatic rings. The zero-order chi connectivity index (χ0) is 33.8. The Balaban J connectivity index is 1.50. The van der Waals surface area contributed by atoms with Crippen LogP contribution in [0.3, 0.4) is 0 Å². The lowest BCUT2D eigenvalue weighted by atomic mass is 10.1. The summed E-state index contributed by atoms with van der Waals surface area (Å²) in [5.41, 5.74) is 2.67. The van der Waals surface area contributed by atoms with E-state index in [9.17, 15) is 23.1 Å². The smallest absolute Gasteiger partial charge is 0.416 e. The number of alkyl halides is 3. The fraction of sp³-hybridized carbons (Fsp3) is 0.514. The van der Waals surface area contributed by atoms with Crippen molar-refractivity contribution >= 4 is 28.8 Å². The van der Waals surface area contributed by atoms with Gasteiger partial charge in [-0.25, -0.2) is 24.4 Å². The van der Waals surface area contributed by atoms with Gasteiger partial charge in [-0.05, 0) is 103 Å². The molecule has 0 unspecified atom stereocenters. The molecule has 6 rings (SSSR count). The topological polar surface area (TPSA) is 100 Å². The van der Waals surface area contributed by atoms with Crippen molar-refractivity contribution in [3.8, 4) is 0 Å². The van der Waals surface area contributed by atoms with E-state index >= 15 is 0 Å². The molecule has 1 aromatic carbocycles. The minimum atomic E-state index is -4.50. The van der Waals surface area contributed by atoms with Gasteiger partial charge in [0.15, 0.2) is 5.65 Å².